The predicted octanol–water partition coefficient (Wildman–Crippen LogP) is 3.92. The van der Waals surface area contributed by atoms with Crippen LogP contribution in [0.3, 0.4) is 0 Å². The molecule has 1 saturated heterocycles. The Morgan fingerprint density at radius 2 is 1.72 bits per heavy atom. The summed E-state index contributed by atoms with van der Waals surface area (Å²) in [6, 6.07) is 3.76. The van der Waals surface area contributed by atoms with Gasteiger partial charge in [-0.1, -0.05) is 0 Å². The molecule has 2 heterocycles. The molecular weight excluding hydrogens is 378 g/mol. The van der Waals surface area contributed by atoms with Crippen LogP contribution in [0.2, 0.25) is 0 Å². The molecule has 0 aliphatic carbocycles. The average Bonchev–Trinajstić information content (AvgIpc) is 2.68. The number of piperidine rings is 1. The SMILES string of the molecule is COc1cc(-c2cn(C)c(=O)c(C)c2C)cc(OC)c1CN1CCCC(F)(F)C1. The van der Waals surface area contributed by atoms with Crippen molar-refractivity contribution >= 4 is 0 Å². The van der Waals surface area contributed by atoms with Gasteiger partial charge in [0.1, 0.15) is 11.5 Å². The van der Waals surface area contributed by atoms with Gasteiger partial charge in [0.25, 0.3) is 11.5 Å². The van der Waals surface area contributed by atoms with Crippen LogP contribution < -0.4 is 15.0 Å². The van der Waals surface area contributed by atoms with Gasteiger partial charge in [0, 0.05) is 37.3 Å². The normalized spacial score (nSPS) is 16.7. The first-order chi connectivity index (χ1) is 13.7. The lowest BCUT2D eigenvalue weighted by Gasteiger charge is -2.33. The Balaban J connectivity index is 2.05. The van der Waals surface area contributed by atoms with E-state index in [9.17, 15) is 13.6 Å². The zero-order valence-corrected chi connectivity index (χ0v) is 17.6. The standard InChI is InChI=1S/C22H28F2N2O3/c1-14-15(2)21(27)25(3)11-17(14)16-9-19(28-4)18(20(10-16)29-5)12-26-8-6-7-22(23,24)13-26/h9-11H,6-8,12-13H2,1-5H3. The van der Waals surface area contributed by atoms with Gasteiger partial charge in [0.05, 0.1) is 26.3 Å². The lowest BCUT2D eigenvalue weighted by atomic mass is 9.97. The van der Waals surface area contributed by atoms with Crippen molar-refractivity contribution in [3.63, 3.8) is 0 Å². The van der Waals surface area contributed by atoms with E-state index in [1.165, 1.54) is 0 Å². The van der Waals surface area contributed by atoms with Crippen molar-refractivity contribution in [1.82, 2.24) is 9.47 Å². The van der Waals surface area contributed by atoms with Crippen molar-refractivity contribution in [1.29, 1.82) is 0 Å². The molecule has 1 fully saturated rings. The predicted molar refractivity (Wildman–Crippen MR) is 109 cm³/mol. The number of hydrogen-bond donors (Lipinski definition) is 0. The van der Waals surface area contributed by atoms with Gasteiger partial charge < -0.3 is 14.0 Å². The number of halogens is 2. The zero-order valence-electron chi connectivity index (χ0n) is 17.6. The molecule has 0 atom stereocenters. The fourth-order valence-electron chi connectivity index (χ4n) is 3.97. The van der Waals surface area contributed by atoms with Crippen molar-refractivity contribution < 1.29 is 18.3 Å². The third kappa shape index (κ3) is 4.29. The molecule has 0 saturated carbocycles. The molecule has 158 valence electrons. The molecule has 0 bridgehead atoms. The van der Waals surface area contributed by atoms with Crippen LogP contribution in [-0.4, -0.2) is 42.7 Å². The highest BCUT2D eigenvalue weighted by atomic mass is 19.3. The van der Waals surface area contributed by atoms with E-state index in [0.717, 1.165) is 22.3 Å². The van der Waals surface area contributed by atoms with Gasteiger partial charge in [-0.3, -0.25) is 9.69 Å². The van der Waals surface area contributed by atoms with Gasteiger partial charge in [-0.15, -0.1) is 0 Å². The van der Waals surface area contributed by atoms with E-state index in [4.69, 9.17) is 9.47 Å². The summed E-state index contributed by atoms with van der Waals surface area (Å²) in [4.78, 5) is 13.9. The molecule has 0 N–H and O–H groups in total. The summed E-state index contributed by atoms with van der Waals surface area (Å²) < 4.78 is 40.4. The zero-order chi connectivity index (χ0) is 21.3. The van der Waals surface area contributed by atoms with Crippen LogP contribution in [0.5, 0.6) is 11.5 Å². The third-order valence-electron chi connectivity index (χ3n) is 5.70. The second-order valence-corrected chi connectivity index (χ2v) is 7.74. The number of aryl methyl sites for hydroxylation is 1. The summed E-state index contributed by atoms with van der Waals surface area (Å²) in [5.41, 5.74) is 4.03. The molecule has 0 radical (unpaired) electrons. The van der Waals surface area contributed by atoms with Crippen LogP contribution in [0.15, 0.2) is 23.1 Å². The van der Waals surface area contributed by atoms with Crippen molar-refractivity contribution in [3.05, 3.63) is 45.4 Å². The highest BCUT2D eigenvalue weighted by Crippen LogP contribution is 2.38. The molecule has 0 amide bonds. The Labute approximate surface area is 169 Å². The quantitative estimate of drug-likeness (QED) is 0.755. The number of pyridine rings is 1. The molecule has 2 aromatic rings. The van der Waals surface area contributed by atoms with Crippen molar-refractivity contribution in [2.24, 2.45) is 7.05 Å². The van der Waals surface area contributed by atoms with Crippen molar-refractivity contribution in [3.8, 4) is 22.6 Å². The summed E-state index contributed by atoms with van der Waals surface area (Å²) in [6.45, 7) is 4.39. The number of likely N-dealkylation sites (tertiary alicyclic amines) is 1. The van der Waals surface area contributed by atoms with Gasteiger partial charge >= 0.3 is 0 Å². The largest absolute Gasteiger partial charge is 0.496 e. The molecule has 7 heteroatoms. The third-order valence-corrected chi connectivity index (χ3v) is 5.70. The molecule has 0 unspecified atom stereocenters. The van der Waals surface area contributed by atoms with Crippen LogP contribution >= 0.6 is 0 Å². The molecule has 1 aromatic heterocycles. The topological polar surface area (TPSA) is 43.7 Å². The lowest BCUT2D eigenvalue weighted by molar-refractivity contribution is -0.0663. The minimum absolute atomic E-state index is 0.0344. The van der Waals surface area contributed by atoms with Crippen molar-refractivity contribution in [2.75, 3.05) is 27.3 Å². The Hall–Kier alpha value is -2.41. The molecule has 5 nitrogen and oxygen atoms in total. The van der Waals surface area contributed by atoms with Gasteiger partial charge in [-0.25, -0.2) is 8.78 Å². The fraction of sp³-hybridized carbons (Fsp3) is 0.500. The smallest absolute Gasteiger partial charge is 0.260 e. The molecular formula is C22H28F2N2O3. The van der Waals surface area contributed by atoms with E-state index in [-0.39, 0.29) is 18.5 Å². The average molecular weight is 406 g/mol. The maximum Gasteiger partial charge on any atom is 0.260 e. The highest BCUT2D eigenvalue weighted by molar-refractivity contribution is 5.72. The Bertz CT molecular complexity index is 944. The highest BCUT2D eigenvalue weighted by Gasteiger charge is 2.35. The number of methoxy groups -OCH3 is 2. The van der Waals surface area contributed by atoms with Crippen LogP contribution in [0.1, 0.15) is 29.5 Å². The van der Waals surface area contributed by atoms with Gasteiger partial charge in [0.15, 0.2) is 0 Å². The van der Waals surface area contributed by atoms with Crippen LogP contribution in [0.4, 0.5) is 8.78 Å². The maximum absolute atomic E-state index is 13.8. The van der Waals surface area contributed by atoms with Crippen LogP contribution in [0, 0.1) is 13.8 Å². The second-order valence-electron chi connectivity index (χ2n) is 7.74. The summed E-state index contributed by atoms with van der Waals surface area (Å²) >= 11 is 0. The van der Waals surface area contributed by atoms with Gasteiger partial charge in [-0.05, 0) is 50.1 Å². The molecule has 3 rings (SSSR count). The number of hydrogen-bond acceptors (Lipinski definition) is 4. The number of nitrogens with zero attached hydrogens (tertiary/aromatic N) is 2. The summed E-state index contributed by atoms with van der Waals surface area (Å²) in [6.07, 6.45) is 2.19. The van der Waals surface area contributed by atoms with Crippen LogP contribution in [-0.2, 0) is 13.6 Å². The summed E-state index contributed by atoms with van der Waals surface area (Å²) in [5.74, 6) is -1.50. The van der Waals surface area contributed by atoms with E-state index in [1.54, 1.807) is 43.9 Å². The summed E-state index contributed by atoms with van der Waals surface area (Å²) in [7, 11) is 4.84. The number of benzene rings is 1. The number of ether oxygens (including phenoxy) is 2. The molecule has 1 aliphatic heterocycles. The van der Waals surface area contributed by atoms with Crippen LogP contribution in [0.25, 0.3) is 11.1 Å². The van der Waals surface area contributed by atoms with E-state index in [0.29, 0.717) is 36.6 Å². The molecule has 29 heavy (non-hydrogen) atoms. The Morgan fingerprint density at radius 1 is 1.10 bits per heavy atom. The van der Waals surface area contributed by atoms with E-state index in [2.05, 4.69) is 0 Å². The first-order valence-electron chi connectivity index (χ1n) is 9.69. The van der Waals surface area contributed by atoms with Gasteiger partial charge in [-0.2, -0.15) is 0 Å². The lowest BCUT2D eigenvalue weighted by Crippen LogP contribution is -2.42. The van der Waals surface area contributed by atoms with E-state index >= 15 is 0 Å². The Morgan fingerprint density at radius 3 is 2.28 bits per heavy atom. The van der Waals surface area contributed by atoms with Gasteiger partial charge in [0.2, 0.25) is 0 Å². The first kappa shape index (κ1) is 21.3. The van der Waals surface area contributed by atoms with Crippen molar-refractivity contribution in [2.45, 2.75) is 39.2 Å². The van der Waals surface area contributed by atoms with E-state index < -0.39 is 5.92 Å². The molecule has 1 aliphatic rings. The Kier molecular flexibility index (Phi) is 5.98. The maximum atomic E-state index is 13.8. The number of aromatic nitrogens is 1. The molecule has 1 aromatic carbocycles. The minimum Gasteiger partial charge on any atom is -0.496 e. The monoisotopic (exact) mass is 406 g/mol. The van der Waals surface area contributed by atoms with E-state index in [1.807, 2.05) is 19.1 Å². The number of alkyl halides is 2. The first-order valence-corrected chi connectivity index (χ1v) is 9.69. The molecule has 0 spiro atoms. The minimum atomic E-state index is -2.66. The summed E-state index contributed by atoms with van der Waals surface area (Å²) in [5, 5.41) is 0. The number of rotatable bonds is 5. The second kappa shape index (κ2) is 8.14. The fourth-order valence-corrected chi connectivity index (χ4v) is 3.97.